The molecule has 0 atom stereocenters. The third kappa shape index (κ3) is 10.8. The molecule has 0 radical (unpaired) electrons. The van der Waals surface area contributed by atoms with Crippen molar-refractivity contribution in [1.82, 2.24) is 30.6 Å². The van der Waals surface area contributed by atoms with Crippen LogP contribution in [0.2, 0.25) is 0 Å². The zero-order valence-corrected chi connectivity index (χ0v) is 36.0. The molecular formula is C48H52F2N10O4. The van der Waals surface area contributed by atoms with Gasteiger partial charge in [-0.3, -0.25) is 19.8 Å². The van der Waals surface area contributed by atoms with E-state index >= 15 is 4.39 Å². The predicted molar refractivity (Wildman–Crippen MR) is 244 cm³/mol. The summed E-state index contributed by atoms with van der Waals surface area (Å²) in [6.45, 7) is 7.29. The molecule has 14 nitrogen and oxygen atoms in total. The Morgan fingerprint density at radius 1 is 0.984 bits per heavy atom. The lowest BCUT2D eigenvalue weighted by molar-refractivity contribution is -0.120. The first-order valence-corrected chi connectivity index (χ1v) is 21.1. The second-order valence-electron chi connectivity index (χ2n) is 16.4. The number of hydrazine groups is 1. The summed E-state index contributed by atoms with van der Waals surface area (Å²) in [6.07, 6.45) is 7.28. The first kappa shape index (κ1) is 45.0. The molecule has 0 aliphatic carbocycles. The number of fused-ring (bicyclic) bond motifs is 1. The van der Waals surface area contributed by atoms with Gasteiger partial charge < -0.3 is 31.5 Å². The summed E-state index contributed by atoms with van der Waals surface area (Å²) < 4.78 is 30.1. The quantitative estimate of drug-likeness (QED) is 0.0272. The van der Waals surface area contributed by atoms with Crippen LogP contribution in [0, 0.1) is 18.6 Å². The average Bonchev–Trinajstić information content (AvgIpc) is 3.70. The van der Waals surface area contributed by atoms with Crippen molar-refractivity contribution >= 4 is 46.0 Å². The van der Waals surface area contributed by atoms with E-state index in [1.807, 2.05) is 30.3 Å². The van der Waals surface area contributed by atoms with Crippen molar-refractivity contribution in [3.05, 3.63) is 137 Å². The highest BCUT2D eigenvalue weighted by atomic mass is 19.1. The number of rotatable bonds is 17. The van der Waals surface area contributed by atoms with Crippen LogP contribution >= 0.6 is 0 Å². The molecule has 0 saturated carbocycles. The molecule has 0 bridgehead atoms. The SMILES string of the molecule is Cc1c(NC(=O)c2ccc(C(C)(C)O)cc2F)cc(F)cc1-c1ncnc2[nH]c(-c3ccc(CNCCCCCCN(N)/C=C(\N)c4cccc(N5CCC(=O)NC5=O)c4)cc3)cc12. The summed E-state index contributed by atoms with van der Waals surface area (Å²) in [6, 6.07) is 23.3. The highest BCUT2D eigenvalue weighted by Crippen LogP contribution is 2.35. The van der Waals surface area contributed by atoms with E-state index < -0.39 is 29.2 Å². The topological polar surface area (TPSA) is 208 Å². The summed E-state index contributed by atoms with van der Waals surface area (Å²) in [5.41, 5.74) is 12.0. The van der Waals surface area contributed by atoms with Gasteiger partial charge in [-0.1, -0.05) is 55.3 Å². The summed E-state index contributed by atoms with van der Waals surface area (Å²) in [7, 11) is 0. The standard InChI is InChI=1S/C48H52F2N10O4/c1-29-37(23-34(49)24-41(29)57-46(62)36-16-15-33(22-39(36)50)48(2,3)64)44-38-25-42(56-45(38)55-28-54-44)31-13-11-30(12-14-31)26-53-18-6-4-5-7-19-59(52)27-40(51)32-9-8-10-35(21-32)60-20-17-43(61)58-47(60)63/h8-16,21-25,27-28,53,64H,4-7,17-20,26,51-52H2,1-3H3,(H,57,62)(H,54,55,56)(H,58,61,63)/b40-27-. The molecular weight excluding hydrogens is 819 g/mol. The van der Waals surface area contributed by atoms with Gasteiger partial charge in [0.1, 0.15) is 23.6 Å². The van der Waals surface area contributed by atoms with E-state index in [0.717, 1.165) is 60.7 Å². The van der Waals surface area contributed by atoms with Crippen molar-refractivity contribution in [2.45, 2.75) is 65.0 Å². The third-order valence-electron chi connectivity index (χ3n) is 11.2. The molecule has 1 aliphatic heterocycles. The number of amides is 4. The Morgan fingerprint density at radius 2 is 1.77 bits per heavy atom. The van der Waals surface area contributed by atoms with E-state index in [2.05, 4.69) is 43.0 Å². The van der Waals surface area contributed by atoms with Gasteiger partial charge in [0.25, 0.3) is 5.91 Å². The fourth-order valence-corrected chi connectivity index (χ4v) is 7.55. The molecule has 1 saturated heterocycles. The number of nitrogens with zero attached hydrogens (tertiary/aromatic N) is 4. The number of hydrogen-bond donors (Lipinski definition) is 7. The van der Waals surface area contributed by atoms with Crippen LogP contribution in [0.3, 0.4) is 0 Å². The van der Waals surface area contributed by atoms with Crippen LogP contribution in [0.1, 0.15) is 78.6 Å². The maximum atomic E-state index is 15.1. The average molecular weight is 871 g/mol. The van der Waals surface area contributed by atoms with Gasteiger partial charge in [-0.25, -0.2) is 29.4 Å². The van der Waals surface area contributed by atoms with Gasteiger partial charge in [0.05, 0.1) is 22.6 Å². The van der Waals surface area contributed by atoms with E-state index in [9.17, 15) is 23.9 Å². The van der Waals surface area contributed by atoms with Gasteiger partial charge in [0, 0.05) is 65.8 Å². The van der Waals surface area contributed by atoms with Gasteiger partial charge in [0.15, 0.2) is 0 Å². The predicted octanol–water partition coefficient (Wildman–Crippen LogP) is 7.59. The van der Waals surface area contributed by atoms with Gasteiger partial charge in [-0.05, 0) is 105 Å². The fraction of sp³-hybridized carbons (Fsp3) is 0.271. The van der Waals surface area contributed by atoms with Crippen molar-refractivity contribution in [3.63, 3.8) is 0 Å². The van der Waals surface area contributed by atoms with Gasteiger partial charge in [0.2, 0.25) is 5.91 Å². The smallest absolute Gasteiger partial charge is 0.328 e. The Hall–Kier alpha value is -7.01. The lowest BCUT2D eigenvalue weighted by atomic mass is 9.96. The van der Waals surface area contributed by atoms with E-state index in [4.69, 9.17) is 11.6 Å². The molecule has 0 unspecified atom stereocenters. The Balaban J connectivity index is 0.882. The van der Waals surface area contributed by atoms with Crippen molar-refractivity contribution in [3.8, 4) is 22.5 Å². The minimum Gasteiger partial charge on any atom is -0.397 e. The molecule has 2 aromatic heterocycles. The Labute approximate surface area is 369 Å². The number of hydrogen-bond acceptors (Lipinski definition) is 10. The van der Waals surface area contributed by atoms with E-state index in [0.29, 0.717) is 64.4 Å². The molecule has 332 valence electrons. The molecule has 1 fully saturated rings. The van der Waals surface area contributed by atoms with Crippen LogP contribution in [-0.4, -0.2) is 62.5 Å². The number of carbonyl (C=O) groups is 3. The summed E-state index contributed by atoms with van der Waals surface area (Å²) >= 11 is 0. The number of nitrogens with two attached hydrogens (primary N) is 2. The third-order valence-corrected chi connectivity index (χ3v) is 11.2. The number of anilines is 2. The van der Waals surface area contributed by atoms with Crippen LogP contribution < -0.4 is 32.4 Å². The van der Waals surface area contributed by atoms with Crippen LogP contribution in [-0.2, 0) is 16.9 Å². The van der Waals surface area contributed by atoms with Gasteiger partial charge in [-0.15, -0.1) is 0 Å². The minimum absolute atomic E-state index is 0.167. The zero-order valence-electron chi connectivity index (χ0n) is 36.0. The number of H-pyrrole nitrogens is 1. The maximum absolute atomic E-state index is 15.1. The van der Waals surface area contributed by atoms with Crippen molar-refractivity contribution < 1.29 is 28.3 Å². The van der Waals surface area contributed by atoms with Crippen LogP contribution in [0.25, 0.3) is 39.2 Å². The van der Waals surface area contributed by atoms with Crippen LogP contribution in [0.5, 0.6) is 0 Å². The normalized spacial score (nSPS) is 13.4. The molecule has 4 aromatic carbocycles. The number of unbranched alkanes of at least 4 members (excludes halogenated alkanes) is 3. The Morgan fingerprint density at radius 3 is 2.52 bits per heavy atom. The number of halogens is 2. The molecule has 4 amide bonds. The number of aromatic amines is 1. The molecule has 16 heteroatoms. The summed E-state index contributed by atoms with van der Waals surface area (Å²) in [5.74, 6) is 3.76. The molecule has 3 heterocycles. The van der Waals surface area contributed by atoms with E-state index in [1.165, 1.54) is 49.3 Å². The Kier molecular flexibility index (Phi) is 13.8. The lowest BCUT2D eigenvalue weighted by Crippen LogP contribution is -2.49. The minimum atomic E-state index is -1.29. The number of benzene rings is 4. The molecule has 9 N–H and O–H groups in total. The first-order valence-electron chi connectivity index (χ1n) is 21.1. The van der Waals surface area contributed by atoms with Crippen molar-refractivity contribution in [2.75, 3.05) is 29.9 Å². The molecule has 0 spiro atoms. The zero-order chi connectivity index (χ0) is 45.5. The molecule has 64 heavy (non-hydrogen) atoms. The number of carbonyl (C=O) groups excluding carboxylic acids is 3. The molecule has 1 aliphatic rings. The summed E-state index contributed by atoms with van der Waals surface area (Å²) in [4.78, 5) is 50.7. The largest absolute Gasteiger partial charge is 0.397 e. The number of aliphatic hydroxyl groups is 1. The van der Waals surface area contributed by atoms with Crippen molar-refractivity contribution in [2.24, 2.45) is 11.6 Å². The monoisotopic (exact) mass is 870 g/mol. The van der Waals surface area contributed by atoms with Gasteiger partial charge >= 0.3 is 6.03 Å². The van der Waals surface area contributed by atoms with E-state index in [-0.39, 0.29) is 23.6 Å². The number of urea groups is 1. The highest BCUT2D eigenvalue weighted by molar-refractivity contribution is 6.06. The van der Waals surface area contributed by atoms with E-state index in [1.54, 1.807) is 30.3 Å². The second kappa shape index (κ2) is 19.6. The molecule has 6 aromatic rings. The van der Waals surface area contributed by atoms with Crippen molar-refractivity contribution in [1.29, 1.82) is 0 Å². The fourth-order valence-electron chi connectivity index (χ4n) is 7.55. The number of imide groups is 1. The number of nitrogens with one attached hydrogen (secondary N) is 4. The second-order valence-corrected chi connectivity index (χ2v) is 16.4. The Bertz CT molecular complexity index is 2710. The lowest BCUT2D eigenvalue weighted by Gasteiger charge is -2.27. The van der Waals surface area contributed by atoms with Gasteiger partial charge in [-0.2, -0.15) is 0 Å². The van der Waals surface area contributed by atoms with Crippen LogP contribution in [0.15, 0.2) is 97.5 Å². The summed E-state index contributed by atoms with van der Waals surface area (Å²) in [5, 5.41) is 21.0. The first-order chi connectivity index (χ1) is 30.6. The molecule has 7 rings (SSSR count). The van der Waals surface area contributed by atoms with Crippen LogP contribution in [0.4, 0.5) is 25.0 Å². The highest BCUT2D eigenvalue weighted by Gasteiger charge is 2.25. The maximum Gasteiger partial charge on any atom is 0.328 e. The number of aromatic nitrogens is 3.